The quantitative estimate of drug-likeness (QED) is 0.526. The minimum Gasteiger partial charge on any atom is -0.365 e. The van der Waals surface area contributed by atoms with Gasteiger partial charge in [-0.25, -0.2) is 0 Å². The first-order valence-corrected chi connectivity index (χ1v) is 12.9. The van der Waals surface area contributed by atoms with Crippen molar-refractivity contribution in [1.82, 2.24) is 9.80 Å². The van der Waals surface area contributed by atoms with E-state index in [2.05, 4.69) is 33.4 Å². The van der Waals surface area contributed by atoms with Crippen LogP contribution in [0.2, 0.25) is 0 Å². The van der Waals surface area contributed by atoms with E-state index >= 15 is 0 Å². The van der Waals surface area contributed by atoms with Gasteiger partial charge in [0, 0.05) is 48.0 Å². The van der Waals surface area contributed by atoms with Crippen LogP contribution in [0.25, 0.3) is 10.1 Å². The zero-order chi connectivity index (χ0) is 20.9. The number of hydrogen-bond acceptors (Lipinski definition) is 5. The molecule has 31 heavy (non-hydrogen) atoms. The molecule has 6 heteroatoms. The monoisotopic (exact) mass is 437 g/mol. The fourth-order valence-electron chi connectivity index (χ4n) is 6.45. The lowest BCUT2D eigenvalue weighted by molar-refractivity contribution is -0.140. The van der Waals surface area contributed by atoms with E-state index in [0.29, 0.717) is 12.6 Å². The van der Waals surface area contributed by atoms with Crippen molar-refractivity contribution < 1.29 is 9.59 Å². The van der Waals surface area contributed by atoms with E-state index in [9.17, 15) is 9.59 Å². The first kappa shape index (κ1) is 19.7. The highest BCUT2D eigenvalue weighted by atomic mass is 32.1. The van der Waals surface area contributed by atoms with Crippen LogP contribution >= 0.6 is 11.3 Å². The van der Waals surface area contributed by atoms with Crippen LogP contribution < -0.4 is 4.90 Å². The number of carbonyl (C=O) groups is 2. The Morgan fingerprint density at radius 1 is 0.968 bits per heavy atom. The van der Waals surface area contributed by atoms with Gasteiger partial charge >= 0.3 is 0 Å². The summed E-state index contributed by atoms with van der Waals surface area (Å²) in [6.45, 7) is 4.98. The van der Waals surface area contributed by atoms with Crippen molar-refractivity contribution in [2.75, 3.05) is 37.6 Å². The second-order valence-corrected chi connectivity index (χ2v) is 10.7. The van der Waals surface area contributed by atoms with Crippen LogP contribution in [0.3, 0.4) is 0 Å². The normalized spacial score (nSPS) is 28.3. The second-order valence-electron chi connectivity index (χ2n) is 9.80. The summed E-state index contributed by atoms with van der Waals surface area (Å²) in [5.41, 5.74) is 2.95. The van der Waals surface area contributed by atoms with E-state index in [0.717, 1.165) is 71.1 Å². The van der Waals surface area contributed by atoms with Crippen LogP contribution in [0.15, 0.2) is 23.6 Å². The molecule has 3 fully saturated rings. The maximum absolute atomic E-state index is 12.6. The van der Waals surface area contributed by atoms with Gasteiger partial charge in [-0.05, 0) is 61.7 Å². The summed E-state index contributed by atoms with van der Waals surface area (Å²) >= 11 is 1.88. The molecular weight excluding hydrogens is 406 g/mol. The molecular formula is C25H31N3O2S. The van der Waals surface area contributed by atoms with Crippen molar-refractivity contribution in [3.05, 3.63) is 29.1 Å². The number of unbranched alkanes of at least 4 members (excludes halogenated alkanes) is 1. The number of benzene rings is 1. The number of amides is 2. The smallest absolute Gasteiger partial charge is 0.233 e. The number of piperazine rings is 1. The molecule has 6 rings (SSSR count). The van der Waals surface area contributed by atoms with Gasteiger partial charge in [-0.3, -0.25) is 19.4 Å². The molecule has 4 heterocycles. The molecule has 1 aliphatic carbocycles. The number of hydrogen-bond donors (Lipinski definition) is 0. The minimum atomic E-state index is -0.00734. The van der Waals surface area contributed by atoms with E-state index < -0.39 is 0 Å². The number of imide groups is 1. The Hall–Kier alpha value is -1.92. The third-order valence-electron chi connectivity index (χ3n) is 8.02. The van der Waals surface area contributed by atoms with Gasteiger partial charge in [0.1, 0.15) is 0 Å². The third kappa shape index (κ3) is 3.30. The Labute approximate surface area is 188 Å². The first-order valence-electron chi connectivity index (χ1n) is 12.0. The zero-order valence-corrected chi connectivity index (χ0v) is 18.9. The SMILES string of the molecule is O=C1[C@H]2CCCC[C@H]2C(=O)N1CCCCN1CCN2c3cccc4scc(c34)CC2C1. The molecule has 1 saturated carbocycles. The molecule has 4 aliphatic rings. The van der Waals surface area contributed by atoms with Crippen molar-refractivity contribution in [2.24, 2.45) is 11.8 Å². The highest BCUT2D eigenvalue weighted by molar-refractivity contribution is 7.17. The summed E-state index contributed by atoms with van der Waals surface area (Å²) < 4.78 is 1.42. The summed E-state index contributed by atoms with van der Waals surface area (Å²) in [4.78, 5) is 32.1. The van der Waals surface area contributed by atoms with Gasteiger partial charge in [0.15, 0.2) is 0 Å². The fourth-order valence-corrected chi connectivity index (χ4v) is 7.44. The third-order valence-corrected chi connectivity index (χ3v) is 9.02. The zero-order valence-electron chi connectivity index (χ0n) is 18.1. The lowest BCUT2D eigenvalue weighted by Crippen LogP contribution is -2.55. The summed E-state index contributed by atoms with van der Waals surface area (Å²) in [5.74, 6) is 0.219. The van der Waals surface area contributed by atoms with Crippen LogP contribution in [0.1, 0.15) is 44.1 Å². The molecule has 1 aromatic carbocycles. The molecule has 2 saturated heterocycles. The highest BCUT2D eigenvalue weighted by Gasteiger charge is 2.47. The van der Waals surface area contributed by atoms with Crippen molar-refractivity contribution in [1.29, 1.82) is 0 Å². The Balaban J connectivity index is 1.02. The number of fused-ring (bicyclic) bond motifs is 3. The van der Waals surface area contributed by atoms with E-state index in [1.807, 2.05) is 11.3 Å². The van der Waals surface area contributed by atoms with Crippen molar-refractivity contribution in [3.63, 3.8) is 0 Å². The average molecular weight is 438 g/mol. The highest BCUT2D eigenvalue weighted by Crippen LogP contribution is 2.41. The summed E-state index contributed by atoms with van der Waals surface area (Å²) in [6, 6.07) is 7.30. The van der Waals surface area contributed by atoms with Crippen LogP contribution in [-0.2, 0) is 16.0 Å². The number of nitrogens with zero attached hydrogens (tertiary/aromatic N) is 3. The van der Waals surface area contributed by atoms with Crippen molar-refractivity contribution in [3.8, 4) is 0 Å². The summed E-state index contributed by atoms with van der Waals surface area (Å²) in [5, 5.41) is 3.84. The second kappa shape index (κ2) is 7.89. The number of rotatable bonds is 5. The molecule has 0 radical (unpaired) electrons. The van der Waals surface area contributed by atoms with E-state index in [4.69, 9.17) is 0 Å². The predicted octanol–water partition coefficient (Wildman–Crippen LogP) is 3.90. The molecule has 2 amide bonds. The molecule has 164 valence electrons. The van der Waals surface area contributed by atoms with Crippen LogP contribution in [-0.4, -0.2) is 60.4 Å². The molecule has 0 spiro atoms. The molecule has 1 unspecified atom stereocenters. The van der Waals surface area contributed by atoms with E-state index in [1.165, 1.54) is 21.3 Å². The molecule has 3 atom stereocenters. The van der Waals surface area contributed by atoms with Crippen molar-refractivity contribution >= 4 is 38.9 Å². The summed E-state index contributed by atoms with van der Waals surface area (Å²) in [6.07, 6.45) is 7.15. The van der Waals surface area contributed by atoms with E-state index in [-0.39, 0.29) is 23.7 Å². The topological polar surface area (TPSA) is 43.9 Å². The lowest BCUT2D eigenvalue weighted by Gasteiger charge is -2.45. The standard InChI is InChI=1S/C25H31N3O2S/c29-24-19-6-1-2-7-20(19)25(30)28(24)11-4-3-10-26-12-13-27-18(15-26)14-17-16-31-22-9-5-8-21(27)23(17)22/h5,8-9,16,18-20H,1-4,6-7,10-15H2/t18?,19-,20+. The van der Waals surface area contributed by atoms with Gasteiger partial charge in [-0.1, -0.05) is 18.9 Å². The molecule has 1 aromatic heterocycles. The van der Waals surface area contributed by atoms with Gasteiger partial charge in [-0.15, -0.1) is 11.3 Å². The Morgan fingerprint density at radius 2 is 1.74 bits per heavy atom. The van der Waals surface area contributed by atoms with Gasteiger partial charge in [0.2, 0.25) is 11.8 Å². The largest absolute Gasteiger partial charge is 0.365 e. The number of anilines is 1. The maximum atomic E-state index is 12.6. The lowest BCUT2D eigenvalue weighted by atomic mass is 9.81. The number of likely N-dealkylation sites (tertiary alicyclic amines) is 1. The van der Waals surface area contributed by atoms with Gasteiger partial charge in [0.25, 0.3) is 0 Å². The molecule has 5 nitrogen and oxygen atoms in total. The Morgan fingerprint density at radius 3 is 2.55 bits per heavy atom. The molecule has 3 aliphatic heterocycles. The van der Waals surface area contributed by atoms with Gasteiger partial charge < -0.3 is 4.90 Å². The van der Waals surface area contributed by atoms with E-state index in [1.54, 1.807) is 4.90 Å². The molecule has 2 aromatic rings. The van der Waals surface area contributed by atoms with Crippen LogP contribution in [0.5, 0.6) is 0 Å². The summed E-state index contributed by atoms with van der Waals surface area (Å²) in [7, 11) is 0. The van der Waals surface area contributed by atoms with Crippen LogP contribution in [0, 0.1) is 11.8 Å². The molecule has 0 N–H and O–H groups in total. The minimum absolute atomic E-state index is 0.00734. The number of carbonyl (C=O) groups excluding carboxylic acids is 2. The fraction of sp³-hybridized carbons (Fsp3) is 0.600. The van der Waals surface area contributed by atoms with Gasteiger partial charge in [-0.2, -0.15) is 0 Å². The number of thiophene rings is 1. The molecule has 0 bridgehead atoms. The Bertz CT molecular complexity index is 993. The van der Waals surface area contributed by atoms with Crippen molar-refractivity contribution in [2.45, 2.75) is 51.0 Å². The maximum Gasteiger partial charge on any atom is 0.233 e. The van der Waals surface area contributed by atoms with Gasteiger partial charge in [0.05, 0.1) is 11.8 Å². The van der Waals surface area contributed by atoms with Crippen LogP contribution in [0.4, 0.5) is 5.69 Å². The predicted molar refractivity (Wildman–Crippen MR) is 125 cm³/mol. The Kier molecular flexibility index (Phi) is 5.03. The first-order chi connectivity index (χ1) is 15.2. The average Bonchev–Trinajstić information content (AvgIpc) is 3.32.